The van der Waals surface area contributed by atoms with Crippen molar-refractivity contribution < 1.29 is 4.79 Å². The van der Waals surface area contributed by atoms with Crippen LogP contribution in [0.25, 0.3) is 0 Å². The van der Waals surface area contributed by atoms with Gasteiger partial charge in [0.1, 0.15) is 0 Å². The molecule has 1 saturated carbocycles. The van der Waals surface area contributed by atoms with Crippen molar-refractivity contribution in [2.75, 3.05) is 13.1 Å². The fourth-order valence-corrected chi connectivity index (χ4v) is 3.62. The van der Waals surface area contributed by atoms with E-state index in [2.05, 4.69) is 53.8 Å². The van der Waals surface area contributed by atoms with Crippen molar-refractivity contribution in [3.63, 3.8) is 0 Å². The lowest BCUT2D eigenvalue weighted by atomic mass is 9.99. The van der Waals surface area contributed by atoms with Crippen LogP contribution in [0.4, 0.5) is 4.79 Å². The van der Waals surface area contributed by atoms with E-state index < -0.39 is 0 Å². The van der Waals surface area contributed by atoms with Crippen LogP contribution in [0, 0.1) is 0 Å². The van der Waals surface area contributed by atoms with Crippen molar-refractivity contribution in [2.24, 2.45) is 0 Å². The number of rotatable bonds is 3. The Hall–Kier alpha value is -2.29. The van der Waals surface area contributed by atoms with Crippen molar-refractivity contribution in [3.05, 3.63) is 71.8 Å². The third-order valence-corrected chi connectivity index (χ3v) is 5.07. The maximum Gasteiger partial charge on any atom is 0.317 e. The van der Waals surface area contributed by atoms with Crippen LogP contribution in [-0.2, 0) is 0 Å². The van der Waals surface area contributed by atoms with Gasteiger partial charge in [0.05, 0.1) is 0 Å². The van der Waals surface area contributed by atoms with Crippen LogP contribution in [-0.4, -0.2) is 30.1 Å². The highest BCUT2D eigenvalue weighted by Crippen LogP contribution is 2.40. The molecule has 1 N–H and O–H groups in total. The molecule has 0 aromatic heterocycles. The summed E-state index contributed by atoms with van der Waals surface area (Å²) in [5, 5.41) is 3.20. The van der Waals surface area contributed by atoms with E-state index in [1.165, 1.54) is 11.1 Å². The summed E-state index contributed by atoms with van der Waals surface area (Å²) in [5.74, 6) is 0.971. The summed E-state index contributed by atoms with van der Waals surface area (Å²) < 4.78 is 0. The Labute approximate surface area is 137 Å². The molecule has 3 atom stereocenters. The maximum absolute atomic E-state index is 12.5. The van der Waals surface area contributed by atoms with Crippen molar-refractivity contribution in [1.82, 2.24) is 10.2 Å². The monoisotopic (exact) mass is 306 g/mol. The largest absolute Gasteiger partial charge is 0.335 e. The molecular formula is C20H22N2O. The van der Waals surface area contributed by atoms with Crippen molar-refractivity contribution in [1.29, 1.82) is 0 Å². The smallest absolute Gasteiger partial charge is 0.317 e. The number of nitrogens with zero attached hydrogens (tertiary/aromatic N) is 1. The molecule has 2 aliphatic rings. The second-order valence-electron chi connectivity index (χ2n) is 6.65. The summed E-state index contributed by atoms with van der Waals surface area (Å²) in [4.78, 5) is 14.4. The molecule has 2 aromatic carbocycles. The van der Waals surface area contributed by atoms with Gasteiger partial charge in [-0.3, -0.25) is 0 Å². The molecule has 3 heteroatoms. The lowest BCUT2D eigenvalue weighted by Crippen LogP contribution is -2.39. The van der Waals surface area contributed by atoms with Gasteiger partial charge >= 0.3 is 6.03 Å². The van der Waals surface area contributed by atoms with Gasteiger partial charge in [0, 0.05) is 31.0 Å². The van der Waals surface area contributed by atoms with Crippen LogP contribution in [0.1, 0.15) is 35.8 Å². The van der Waals surface area contributed by atoms with Gasteiger partial charge in [-0.25, -0.2) is 4.79 Å². The summed E-state index contributed by atoms with van der Waals surface area (Å²) in [6.07, 6.45) is 2.12. The first kappa shape index (κ1) is 14.3. The summed E-state index contributed by atoms with van der Waals surface area (Å²) in [7, 11) is 0. The molecule has 2 fully saturated rings. The first-order chi connectivity index (χ1) is 11.3. The quantitative estimate of drug-likeness (QED) is 0.920. The fraction of sp³-hybridized carbons (Fsp3) is 0.350. The van der Waals surface area contributed by atoms with Crippen molar-refractivity contribution in [2.45, 2.75) is 30.7 Å². The Morgan fingerprint density at radius 3 is 2.30 bits per heavy atom. The summed E-state index contributed by atoms with van der Waals surface area (Å²) >= 11 is 0. The average molecular weight is 306 g/mol. The van der Waals surface area contributed by atoms with E-state index in [0.717, 1.165) is 25.9 Å². The van der Waals surface area contributed by atoms with E-state index in [1.807, 2.05) is 17.0 Å². The molecule has 23 heavy (non-hydrogen) atoms. The number of hydrogen-bond acceptors (Lipinski definition) is 1. The van der Waals surface area contributed by atoms with E-state index in [1.54, 1.807) is 0 Å². The van der Waals surface area contributed by atoms with Gasteiger partial charge in [-0.1, -0.05) is 60.7 Å². The Balaban J connectivity index is 1.31. The van der Waals surface area contributed by atoms with E-state index in [-0.39, 0.29) is 6.03 Å². The minimum atomic E-state index is 0.104. The second kappa shape index (κ2) is 6.07. The van der Waals surface area contributed by atoms with Crippen LogP contribution in [0.3, 0.4) is 0 Å². The molecule has 2 amide bonds. The van der Waals surface area contributed by atoms with Crippen LogP contribution in [0.5, 0.6) is 0 Å². The van der Waals surface area contributed by atoms with Crippen molar-refractivity contribution in [3.8, 4) is 0 Å². The zero-order valence-electron chi connectivity index (χ0n) is 13.2. The standard InChI is InChI=1S/C20H22N2O/c23-20(21-19-13-18(19)16-9-5-2-6-10-16)22-12-11-17(14-22)15-7-3-1-4-8-15/h1-10,17-19H,11-14H2,(H,21,23). The zero-order valence-corrected chi connectivity index (χ0v) is 13.2. The Morgan fingerprint density at radius 2 is 1.61 bits per heavy atom. The van der Waals surface area contributed by atoms with E-state index in [9.17, 15) is 4.79 Å². The third kappa shape index (κ3) is 3.09. The number of nitrogens with one attached hydrogen (secondary N) is 1. The average Bonchev–Trinajstić information content (AvgIpc) is 3.19. The number of carbonyl (C=O) groups excluding carboxylic acids is 1. The van der Waals surface area contributed by atoms with E-state index in [4.69, 9.17) is 0 Å². The van der Waals surface area contributed by atoms with Gasteiger partial charge in [-0.15, -0.1) is 0 Å². The van der Waals surface area contributed by atoms with Crippen LogP contribution >= 0.6 is 0 Å². The molecule has 3 unspecified atom stereocenters. The lowest BCUT2D eigenvalue weighted by molar-refractivity contribution is 0.207. The van der Waals surface area contributed by atoms with Gasteiger partial charge < -0.3 is 10.2 Å². The molecule has 1 aliphatic carbocycles. The molecule has 118 valence electrons. The normalized spacial score (nSPS) is 26.1. The minimum Gasteiger partial charge on any atom is -0.335 e. The lowest BCUT2D eigenvalue weighted by Gasteiger charge is -2.17. The van der Waals surface area contributed by atoms with Gasteiger partial charge in [-0.05, 0) is 24.0 Å². The second-order valence-corrected chi connectivity index (χ2v) is 6.65. The van der Waals surface area contributed by atoms with Gasteiger partial charge in [0.2, 0.25) is 0 Å². The molecule has 1 aliphatic heterocycles. The fourth-order valence-electron chi connectivity index (χ4n) is 3.62. The molecule has 0 spiro atoms. The number of amides is 2. The first-order valence-electron chi connectivity index (χ1n) is 8.46. The predicted molar refractivity (Wildman–Crippen MR) is 91.5 cm³/mol. The highest BCUT2D eigenvalue weighted by molar-refractivity contribution is 5.75. The number of carbonyl (C=O) groups is 1. The Morgan fingerprint density at radius 1 is 0.957 bits per heavy atom. The van der Waals surface area contributed by atoms with E-state index in [0.29, 0.717) is 17.9 Å². The van der Waals surface area contributed by atoms with Gasteiger partial charge in [-0.2, -0.15) is 0 Å². The highest BCUT2D eigenvalue weighted by Gasteiger charge is 2.40. The number of urea groups is 1. The molecule has 4 rings (SSSR count). The minimum absolute atomic E-state index is 0.104. The number of likely N-dealkylation sites (tertiary alicyclic amines) is 1. The zero-order chi connectivity index (χ0) is 15.6. The number of benzene rings is 2. The van der Waals surface area contributed by atoms with Gasteiger partial charge in [0.15, 0.2) is 0 Å². The molecule has 1 saturated heterocycles. The summed E-state index contributed by atoms with van der Waals surface area (Å²) in [6.45, 7) is 1.69. The highest BCUT2D eigenvalue weighted by atomic mass is 16.2. The summed E-state index contributed by atoms with van der Waals surface area (Å²) in [5.41, 5.74) is 2.68. The first-order valence-corrected chi connectivity index (χ1v) is 8.46. The number of hydrogen-bond donors (Lipinski definition) is 1. The van der Waals surface area contributed by atoms with E-state index >= 15 is 0 Å². The molecule has 2 aromatic rings. The predicted octanol–water partition coefficient (Wildman–Crippen LogP) is 3.74. The SMILES string of the molecule is O=C(NC1CC1c1ccccc1)N1CCC(c2ccccc2)C1. The third-order valence-electron chi connectivity index (χ3n) is 5.07. The molecule has 0 bridgehead atoms. The molecule has 1 heterocycles. The van der Waals surface area contributed by atoms with Crippen LogP contribution < -0.4 is 5.32 Å². The molecule has 3 nitrogen and oxygen atoms in total. The molecular weight excluding hydrogens is 284 g/mol. The van der Waals surface area contributed by atoms with Crippen LogP contribution in [0.15, 0.2) is 60.7 Å². The van der Waals surface area contributed by atoms with Crippen LogP contribution in [0.2, 0.25) is 0 Å². The van der Waals surface area contributed by atoms with Crippen molar-refractivity contribution >= 4 is 6.03 Å². The Kier molecular flexibility index (Phi) is 3.78. The van der Waals surface area contributed by atoms with Gasteiger partial charge in [0.25, 0.3) is 0 Å². The summed E-state index contributed by atoms with van der Waals surface area (Å²) in [6, 6.07) is 21.4. The Bertz CT molecular complexity index is 671. The maximum atomic E-state index is 12.5. The topological polar surface area (TPSA) is 32.3 Å². The molecule has 0 radical (unpaired) electrons.